The minimum atomic E-state index is -1.35. The number of carbonyl (C=O) groups excluding carboxylic acids is 3. The third kappa shape index (κ3) is 4.55. The Morgan fingerprint density at radius 2 is 1.77 bits per heavy atom. The number of allylic oxidation sites excluding steroid dienone is 4. The van der Waals surface area contributed by atoms with Gasteiger partial charge in [0.1, 0.15) is 0 Å². The molecule has 4 aliphatic carbocycles. The van der Waals surface area contributed by atoms with Gasteiger partial charge in [0.25, 0.3) is 0 Å². The van der Waals surface area contributed by atoms with E-state index in [-0.39, 0.29) is 23.5 Å². The summed E-state index contributed by atoms with van der Waals surface area (Å²) in [4.78, 5) is 40.1. The largest absolute Gasteiger partial charge is 0.458 e. The lowest BCUT2D eigenvalue weighted by Crippen LogP contribution is -2.58. The third-order valence-corrected chi connectivity index (χ3v) is 9.99. The summed E-state index contributed by atoms with van der Waals surface area (Å²) in [7, 11) is 4.03. The fourth-order valence-corrected chi connectivity index (χ4v) is 8.25. The van der Waals surface area contributed by atoms with Crippen molar-refractivity contribution < 1.29 is 29.1 Å². The Morgan fingerprint density at radius 1 is 1.05 bits per heavy atom. The van der Waals surface area contributed by atoms with Crippen LogP contribution in [0.4, 0.5) is 5.69 Å². The normalized spacial score (nSPS) is 32.0. The predicted octanol–water partition coefficient (Wildman–Crippen LogP) is 5.35. The molecule has 4 aliphatic rings. The summed E-state index contributed by atoms with van der Waals surface area (Å²) in [6.07, 6.45) is 7.18. The third-order valence-electron chi connectivity index (χ3n) is 9.99. The first-order valence-corrected chi connectivity index (χ1v) is 14.3. The molecule has 0 bridgehead atoms. The fraction of sp³-hybridized carbons (Fsp3) is 0.562. The van der Waals surface area contributed by atoms with Crippen LogP contribution < -0.4 is 4.90 Å². The molecule has 8 nitrogen and oxygen atoms in total. The summed E-state index contributed by atoms with van der Waals surface area (Å²) < 4.78 is 11.2. The van der Waals surface area contributed by atoms with E-state index in [2.05, 4.69) is 41.2 Å². The number of esters is 2. The first-order valence-electron chi connectivity index (χ1n) is 14.3. The average molecular weight is 549 g/mol. The van der Waals surface area contributed by atoms with Crippen molar-refractivity contribution in [3.63, 3.8) is 0 Å². The molecule has 0 spiro atoms. The van der Waals surface area contributed by atoms with Gasteiger partial charge >= 0.3 is 11.9 Å². The second kappa shape index (κ2) is 10.5. The average Bonchev–Trinajstić information content (AvgIpc) is 3.22. The van der Waals surface area contributed by atoms with Crippen LogP contribution in [0.2, 0.25) is 0 Å². The van der Waals surface area contributed by atoms with E-state index in [0.717, 1.165) is 37.1 Å². The Morgan fingerprint density at radius 3 is 2.40 bits per heavy atom. The number of benzene rings is 1. The van der Waals surface area contributed by atoms with Gasteiger partial charge in [0, 0.05) is 45.0 Å². The van der Waals surface area contributed by atoms with Gasteiger partial charge in [-0.2, -0.15) is 0 Å². The van der Waals surface area contributed by atoms with E-state index in [0.29, 0.717) is 19.3 Å². The highest BCUT2D eigenvalue weighted by Gasteiger charge is 2.68. The van der Waals surface area contributed by atoms with Crippen LogP contribution in [0, 0.1) is 17.3 Å². The van der Waals surface area contributed by atoms with Gasteiger partial charge in [0.15, 0.2) is 12.2 Å². The quantitative estimate of drug-likeness (QED) is 0.290. The number of ether oxygens (including phenoxy) is 2. The van der Waals surface area contributed by atoms with Gasteiger partial charge in [0.05, 0.1) is 5.71 Å². The second-order valence-electron chi connectivity index (χ2n) is 12.3. The van der Waals surface area contributed by atoms with Crippen molar-refractivity contribution >= 4 is 29.1 Å². The Balaban J connectivity index is 1.66. The molecule has 0 saturated heterocycles. The smallest absolute Gasteiger partial charge is 0.303 e. The maximum absolute atomic E-state index is 13.9. The molecule has 1 aromatic rings. The fourth-order valence-electron chi connectivity index (χ4n) is 8.25. The van der Waals surface area contributed by atoms with E-state index in [4.69, 9.17) is 9.47 Å². The Hall–Kier alpha value is -3.42. The molecule has 2 fully saturated rings. The molecule has 2 saturated carbocycles. The molecule has 0 amide bonds. The van der Waals surface area contributed by atoms with Crippen molar-refractivity contribution in [1.29, 1.82) is 0 Å². The summed E-state index contributed by atoms with van der Waals surface area (Å²) in [6.45, 7) is 4.35. The van der Waals surface area contributed by atoms with E-state index >= 15 is 0 Å². The van der Waals surface area contributed by atoms with Gasteiger partial charge in [-0.25, -0.2) is 0 Å². The van der Waals surface area contributed by atoms with Crippen molar-refractivity contribution in [2.45, 2.75) is 77.2 Å². The molecule has 5 rings (SSSR count). The van der Waals surface area contributed by atoms with E-state index in [1.54, 1.807) is 0 Å². The van der Waals surface area contributed by atoms with Crippen LogP contribution in [0.1, 0.15) is 77.2 Å². The number of Topliss-reactive ketones (excluding diaryl/α,β-unsaturated/α-hetero) is 1. The highest BCUT2D eigenvalue weighted by atomic mass is 16.6. The molecule has 5 atom stereocenters. The van der Waals surface area contributed by atoms with Gasteiger partial charge in [0.2, 0.25) is 5.78 Å². The lowest BCUT2D eigenvalue weighted by Gasteiger charge is -2.55. The van der Waals surface area contributed by atoms with Crippen LogP contribution in [-0.2, 0) is 23.9 Å². The summed E-state index contributed by atoms with van der Waals surface area (Å²) in [5.74, 6) is -0.957. The summed E-state index contributed by atoms with van der Waals surface area (Å²) >= 11 is 0. The van der Waals surface area contributed by atoms with Crippen LogP contribution in [-0.4, -0.2) is 54.9 Å². The van der Waals surface area contributed by atoms with Crippen LogP contribution in [0.15, 0.2) is 52.2 Å². The summed E-state index contributed by atoms with van der Waals surface area (Å²) in [6, 6.07) is 8.61. The highest BCUT2D eigenvalue weighted by Crippen LogP contribution is 2.67. The first-order chi connectivity index (χ1) is 19.0. The van der Waals surface area contributed by atoms with Gasteiger partial charge in [-0.1, -0.05) is 29.8 Å². The van der Waals surface area contributed by atoms with E-state index in [1.807, 2.05) is 20.2 Å². The lowest BCUT2D eigenvalue weighted by molar-refractivity contribution is -0.186. The highest BCUT2D eigenvalue weighted by molar-refractivity contribution is 5.97. The molecular weight excluding hydrogens is 508 g/mol. The zero-order valence-corrected chi connectivity index (χ0v) is 24.2. The Labute approximate surface area is 236 Å². The number of fused-ring (bicyclic) bond motifs is 4. The minimum absolute atomic E-state index is 0.0309. The van der Waals surface area contributed by atoms with Gasteiger partial charge < -0.3 is 19.6 Å². The number of nitrogens with zero attached hydrogens (tertiary/aromatic N) is 2. The van der Waals surface area contributed by atoms with Crippen LogP contribution >= 0.6 is 0 Å². The molecular formula is C32H40N2O6. The molecule has 214 valence electrons. The topological polar surface area (TPSA) is 106 Å². The number of ketones is 1. The molecule has 0 heterocycles. The zero-order chi connectivity index (χ0) is 28.8. The standard InChI is InChI=1S/C32H40N2O6/c1-19(35)39-18-29(37)32(40-20(2)36)15-14-28-26-12-8-22-16-23(33-38)9-13-25(22)30(26)27(17-31(28,32)3)21-6-10-24(11-7-21)34(4)5/h6-7,10-11,16,26-28,38H,8-9,12-15,17-18H2,1-5H3/b33-23-/t26?,27?,28?,31-,32-/m0/s1. The monoisotopic (exact) mass is 548 g/mol. The van der Waals surface area contributed by atoms with Crippen molar-refractivity contribution in [2.24, 2.45) is 22.4 Å². The van der Waals surface area contributed by atoms with E-state index in [1.165, 1.54) is 36.1 Å². The molecule has 1 aromatic carbocycles. The maximum atomic E-state index is 13.9. The number of rotatable bonds is 6. The van der Waals surface area contributed by atoms with Crippen LogP contribution in [0.3, 0.4) is 0 Å². The number of oxime groups is 1. The number of anilines is 1. The van der Waals surface area contributed by atoms with Gasteiger partial charge in [-0.05, 0) is 91.7 Å². The van der Waals surface area contributed by atoms with Crippen LogP contribution in [0.25, 0.3) is 0 Å². The summed E-state index contributed by atoms with van der Waals surface area (Å²) in [5, 5.41) is 12.9. The van der Waals surface area contributed by atoms with E-state index < -0.39 is 29.6 Å². The first kappa shape index (κ1) is 28.1. The van der Waals surface area contributed by atoms with Gasteiger partial charge in [-0.15, -0.1) is 0 Å². The zero-order valence-electron chi connectivity index (χ0n) is 24.2. The number of carbonyl (C=O) groups is 3. The van der Waals surface area contributed by atoms with Crippen molar-refractivity contribution in [1.82, 2.24) is 0 Å². The van der Waals surface area contributed by atoms with E-state index in [9.17, 15) is 19.6 Å². The molecule has 40 heavy (non-hydrogen) atoms. The molecule has 3 unspecified atom stereocenters. The molecule has 8 heteroatoms. The van der Waals surface area contributed by atoms with Crippen molar-refractivity contribution in [3.8, 4) is 0 Å². The summed E-state index contributed by atoms with van der Waals surface area (Å²) in [5.41, 5.74) is 5.06. The second-order valence-corrected chi connectivity index (χ2v) is 12.3. The van der Waals surface area contributed by atoms with Crippen molar-refractivity contribution in [3.05, 3.63) is 52.6 Å². The number of hydrogen-bond acceptors (Lipinski definition) is 8. The van der Waals surface area contributed by atoms with Crippen molar-refractivity contribution in [2.75, 3.05) is 25.6 Å². The van der Waals surface area contributed by atoms with Gasteiger partial charge in [-0.3, -0.25) is 14.4 Å². The predicted molar refractivity (Wildman–Crippen MR) is 151 cm³/mol. The SMILES string of the molecule is CC(=O)OCC(=O)[C@@]1(OC(C)=O)CCC2C3CCC4=C/C(=N\O)CCC4=C3C(c3ccc(N(C)C)cc3)C[C@@]21C. The molecule has 1 N–H and O–H groups in total. The molecule has 0 aliphatic heterocycles. The Bertz CT molecular complexity index is 1310. The maximum Gasteiger partial charge on any atom is 0.303 e. The Kier molecular flexibility index (Phi) is 7.40. The molecule has 0 radical (unpaired) electrons. The minimum Gasteiger partial charge on any atom is -0.458 e. The van der Waals surface area contributed by atoms with Crippen LogP contribution in [0.5, 0.6) is 0 Å². The lowest BCUT2D eigenvalue weighted by atomic mass is 9.50. The number of hydrogen-bond donors (Lipinski definition) is 1. The molecule has 0 aromatic heterocycles.